The van der Waals surface area contributed by atoms with Crippen molar-refractivity contribution in [3.05, 3.63) is 145 Å². The number of aromatic nitrogens is 1. The van der Waals surface area contributed by atoms with Crippen molar-refractivity contribution in [3.8, 4) is 11.1 Å². The largest absolute Gasteiger partial charge is 0.455 e. The monoisotopic (exact) mass is 500 g/mol. The van der Waals surface area contributed by atoms with Gasteiger partial charge in [-0.05, 0) is 75.1 Å². The summed E-state index contributed by atoms with van der Waals surface area (Å²) in [5.41, 5.74) is 7.36. The molecule has 3 nitrogen and oxygen atoms in total. The normalized spacial score (nSPS) is 15.2. The summed E-state index contributed by atoms with van der Waals surface area (Å²) in [6.45, 7) is 0. The fourth-order valence-corrected chi connectivity index (χ4v) is 5.83. The summed E-state index contributed by atoms with van der Waals surface area (Å²) in [5.74, 6) is 0. The molecule has 1 N–H and O–H groups in total. The van der Waals surface area contributed by atoms with Crippen molar-refractivity contribution in [2.75, 3.05) is 0 Å². The zero-order valence-electron chi connectivity index (χ0n) is 21.1. The van der Waals surface area contributed by atoms with Gasteiger partial charge in [-0.1, -0.05) is 84.9 Å². The van der Waals surface area contributed by atoms with Crippen molar-refractivity contribution < 1.29 is 4.42 Å². The molecule has 0 fully saturated rings. The van der Waals surface area contributed by atoms with Crippen LogP contribution in [0.2, 0.25) is 0 Å². The number of allylic oxidation sites excluding steroid dienone is 2. The number of rotatable bonds is 3. The molecular weight excluding hydrogens is 476 g/mol. The summed E-state index contributed by atoms with van der Waals surface area (Å²) in [6.07, 6.45) is 8.21. The smallest absolute Gasteiger partial charge is 0.143 e. The molecule has 1 aliphatic rings. The van der Waals surface area contributed by atoms with E-state index in [4.69, 9.17) is 4.42 Å². The number of hydrogen-bond donors (Lipinski definition) is 1. The number of fused-ring (bicyclic) bond motifs is 5. The molecule has 5 aromatic carbocycles. The van der Waals surface area contributed by atoms with Crippen LogP contribution in [0.3, 0.4) is 0 Å². The van der Waals surface area contributed by atoms with E-state index < -0.39 is 0 Å². The minimum absolute atomic E-state index is 0.0873. The highest BCUT2D eigenvalue weighted by atomic mass is 16.3. The molecule has 3 heterocycles. The third-order valence-electron chi connectivity index (χ3n) is 7.72. The van der Waals surface area contributed by atoms with Crippen LogP contribution in [0.5, 0.6) is 0 Å². The maximum atomic E-state index is 6.48. The zero-order valence-corrected chi connectivity index (χ0v) is 21.1. The van der Waals surface area contributed by atoms with E-state index in [-0.39, 0.29) is 6.04 Å². The molecule has 1 atom stereocenters. The maximum Gasteiger partial charge on any atom is 0.143 e. The summed E-state index contributed by atoms with van der Waals surface area (Å²) < 4.78 is 6.48. The van der Waals surface area contributed by atoms with Crippen molar-refractivity contribution >= 4 is 49.2 Å². The first kappa shape index (κ1) is 21.9. The van der Waals surface area contributed by atoms with Gasteiger partial charge in [0.05, 0.1) is 17.4 Å². The van der Waals surface area contributed by atoms with Gasteiger partial charge in [-0.25, -0.2) is 0 Å². The molecule has 39 heavy (non-hydrogen) atoms. The zero-order chi connectivity index (χ0) is 25.8. The van der Waals surface area contributed by atoms with E-state index in [9.17, 15) is 0 Å². The van der Waals surface area contributed by atoms with Crippen LogP contribution in [-0.2, 0) is 0 Å². The Balaban J connectivity index is 1.23. The van der Waals surface area contributed by atoms with Crippen molar-refractivity contribution in [3.63, 3.8) is 0 Å². The second kappa shape index (κ2) is 8.71. The van der Waals surface area contributed by atoms with Gasteiger partial charge in [-0.2, -0.15) is 0 Å². The quantitative estimate of drug-likeness (QED) is 0.263. The molecule has 7 aromatic rings. The summed E-state index contributed by atoms with van der Waals surface area (Å²) in [6, 6.07) is 38.7. The lowest BCUT2D eigenvalue weighted by Crippen LogP contribution is -2.20. The molecule has 2 aromatic heterocycles. The Labute approximate surface area is 225 Å². The van der Waals surface area contributed by atoms with Crippen LogP contribution in [0.15, 0.2) is 138 Å². The topological polar surface area (TPSA) is 38.1 Å². The van der Waals surface area contributed by atoms with E-state index in [1.165, 1.54) is 27.1 Å². The van der Waals surface area contributed by atoms with E-state index in [0.29, 0.717) is 0 Å². The predicted octanol–water partition coefficient (Wildman–Crippen LogP) is 9.20. The summed E-state index contributed by atoms with van der Waals surface area (Å²) in [4.78, 5) is 4.50. The molecule has 1 unspecified atom stereocenters. The standard InChI is InChI=1S/C36H24N2O/c1-2-9-28-25(8-1)22-30-29-10-3-4-14-34(29)39-36(30)35(28)27-18-16-23-20-26(17-15-24(23)21-27)31-12-7-13-33(38-31)32-11-5-6-19-37-32/h1-22,31,38H. The Morgan fingerprint density at radius 2 is 1.49 bits per heavy atom. The van der Waals surface area contributed by atoms with Crippen LogP contribution in [-0.4, -0.2) is 4.98 Å². The van der Waals surface area contributed by atoms with Crippen LogP contribution in [0.25, 0.3) is 60.3 Å². The third kappa shape index (κ3) is 3.63. The van der Waals surface area contributed by atoms with Crippen LogP contribution >= 0.6 is 0 Å². The summed E-state index contributed by atoms with van der Waals surface area (Å²) in [7, 11) is 0. The second-order valence-electron chi connectivity index (χ2n) is 10.1. The van der Waals surface area contributed by atoms with Crippen molar-refractivity contribution in [1.82, 2.24) is 10.3 Å². The molecule has 3 heteroatoms. The number of para-hydroxylation sites is 1. The van der Waals surface area contributed by atoms with Gasteiger partial charge in [0.25, 0.3) is 0 Å². The fraction of sp³-hybridized carbons (Fsp3) is 0.0278. The predicted molar refractivity (Wildman–Crippen MR) is 161 cm³/mol. The first-order chi connectivity index (χ1) is 19.3. The molecular formula is C36H24N2O. The molecule has 184 valence electrons. The number of nitrogens with one attached hydrogen (secondary N) is 1. The SMILES string of the molecule is C1=CC(c2ccc3cc(-c4c5ccccc5cc5c4oc4ccccc45)ccc3c2)NC(c2ccccn2)=C1. The Kier molecular flexibility index (Phi) is 4.89. The van der Waals surface area contributed by atoms with Crippen LogP contribution < -0.4 is 5.32 Å². The van der Waals surface area contributed by atoms with E-state index >= 15 is 0 Å². The van der Waals surface area contributed by atoms with E-state index in [1.807, 2.05) is 36.5 Å². The first-order valence-electron chi connectivity index (χ1n) is 13.3. The third-order valence-corrected chi connectivity index (χ3v) is 7.72. The Bertz CT molecular complexity index is 2100. The van der Waals surface area contributed by atoms with E-state index in [2.05, 4.69) is 107 Å². The molecule has 0 amide bonds. The minimum atomic E-state index is 0.0873. The highest BCUT2D eigenvalue weighted by Crippen LogP contribution is 2.41. The van der Waals surface area contributed by atoms with Gasteiger partial charge in [0.2, 0.25) is 0 Å². The maximum absolute atomic E-state index is 6.48. The lowest BCUT2D eigenvalue weighted by atomic mass is 9.93. The van der Waals surface area contributed by atoms with Crippen molar-refractivity contribution in [1.29, 1.82) is 0 Å². The molecule has 0 saturated heterocycles. The first-order valence-corrected chi connectivity index (χ1v) is 13.3. The van der Waals surface area contributed by atoms with Gasteiger partial charge in [-0.15, -0.1) is 0 Å². The second-order valence-corrected chi connectivity index (χ2v) is 10.1. The highest BCUT2D eigenvalue weighted by Gasteiger charge is 2.18. The highest BCUT2D eigenvalue weighted by molar-refractivity contribution is 6.18. The van der Waals surface area contributed by atoms with Gasteiger partial charge < -0.3 is 9.73 Å². The number of hydrogen-bond acceptors (Lipinski definition) is 3. The van der Waals surface area contributed by atoms with Crippen LogP contribution in [0.4, 0.5) is 0 Å². The summed E-state index contributed by atoms with van der Waals surface area (Å²) >= 11 is 0. The lowest BCUT2D eigenvalue weighted by molar-refractivity contribution is 0.670. The molecule has 0 saturated carbocycles. The summed E-state index contributed by atoms with van der Waals surface area (Å²) in [5, 5.41) is 10.8. The molecule has 0 radical (unpaired) electrons. The molecule has 0 bridgehead atoms. The Morgan fingerprint density at radius 3 is 2.41 bits per heavy atom. The number of dihydropyridines is 1. The van der Waals surface area contributed by atoms with Crippen LogP contribution in [0, 0.1) is 0 Å². The Morgan fingerprint density at radius 1 is 0.667 bits per heavy atom. The van der Waals surface area contributed by atoms with Gasteiger partial charge in [0.1, 0.15) is 11.2 Å². The average Bonchev–Trinajstić information content (AvgIpc) is 3.38. The van der Waals surface area contributed by atoms with Crippen molar-refractivity contribution in [2.45, 2.75) is 6.04 Å². The van der Waals surface area contributed by atoms with Gasteiger partial charge in [0, 0.05) is 22.5 Å². The van der Waals surface area contributed by atoms with Crippen molar-refractivity contribution in [2.24, 2.45) is 0 Å². The molecule has 0 spiro atoms. The molecule has 8 rings (SSSR count). The van der Waals surface area contributed by atoms with E-state index in [1.54, 1.807) is 0 Å². The van der Waals surface area contributed by atoms with Gasteiger partial charge in [0.15, 0.2) is 0 Å². The number of benzene rings is 5. The van der Waals surface area contributed by atoms with Gasteiger partial charge >= 0.3 is 0 Å². The average molecular weight is 501 g/mol. The molecule has 1 aliphatic heterocycles. The lowest BCUT2D eigenvalue weighted by Gasteiger charge is -2.22. The minimum Gasteiger partial charge on any atom is -0.455 e. The molecule has 0 aliphatic carbocycles. The number of pyridine rings is 1. The number of furan rings is 1. The van der Waals surface area contributed by atoms with Crippen LogP contribution in [0.1, 0.15) is 17.3 Å². The number of nitrogens with zero attached hydrogens (tertiary/aromatic N) is 1. The van der Waals surface area contributed by atoms with Gasteiger partial charge in [-0.3, -0.25) is 4.98 Å². The van der Waals surface area contributed by atoms with E-state index in [0.717, 1.165) is 44.5 Å². The fourth-order valence-electron chi connectivity index (χ4n) is 5.83. The Hall–Kier alpha value is -5.15.